The maximum absolute atomic E-state index is 13.3. The molecule has 0 bridgehead atoms. The van der Waals surface area contributed by atoms with E-state index in [1.54, 1.807) is 24.3 Å². The van der Waals surface area contributed by atoms with Crippen molar-refractivity contribution in [2.45, 2.75) is 101 Å². The summed E-state index contributed by atoms with van der Waals surface area (Å²) in [6, 6.07) is 22.1. The van der Waals surface area contributed by atoms with Gasteiger partial charge in [0.2, 0.25) is 5.69 Å². The number of nitrogens with one attached hydrogen (secondary N) is 1. The SMILES string of the molecule is CCN1/C(=C/C=C(/C=C/C2=[N+](CC)c3ccc4c(SOO[O-])cccc4c3C2(C)C)c2ccc(C(=O)NCCCCCC(=O)ON3C(=O)CCC3=O)cn2)C(C)(C)c2c1ccc1c(S(=O)(=O)O)cccc21. The molecule has 3 aliphatic heterocycles. The number of aromatic nitrogens is 1. The molecule has 8 rings (SSSR count). The lowest BCUT2D eigenvalue weighted by molar-refractivity contribution is -0.777. The topological polar surface area (TPSA) is 208 Å². The minimum Gasteiger partial charge on any atom is -0.691 e. The molecule has 16 nitrogen and oxygen atoms in total. The highest BCUT2D eigenvalue weighted by molar-refractivity contribution is 7.94. The highest BCUT2D eigenvalue weighted by atomic mass is 32.2. The van der Waals surface area contributed by atoms with Gasteiger partial charge in [-0.2, -0.15) is 17.3 Å². The molecule has 4 heterocycles. The van der Waals surface area contributed by atoms with Gasteiger partial charge >= 0.3 is 5.97 Å². The van der Waals surface area contributed by atoms with Gasteiger partial charge in [0.25, 0.3) is 27.8 Å². The van der Waals surface area contributed by atoms with E-state index in [0.29, 0.717) is 60.6 Å². The van der Waals surface area contributed by atoms with Crippen LogP contribution in [0, 0.1) is 0 Å². The molecule has 3 amide bonds. The van der Waals surface area contributed by atoms with Crippen molar-refractivity contribution in [2.24, 2.45) is 0 Å². The van der Waals surface area contributed by atoms with Gasteiger partial charge in [-0.1, -0.05) is 56.7 Å². The number of anilines is 1. The van der Waals surface area contributed by atoms with E-state index in [0.717, 1.165) is 72.6 Å². The number of carbonyl (C=O) groups excluding carboxylic acids is 4. The number of amides is 3. The lowest BCUT2D eigenvalue weighted by atomic mass is 9.79. The van der Waals surface area contributed by atoms with Crippen LogP contribution in [-0.4, -0.2) is 76.6 Å². The van der Waals surface area contributed by atoms with Crippen molar-refractivity contribution in [3.05, 3.63) is 131 Å². The van der Waals surface area contributed by atoms with Gasteiger partial charge in [-0.05, 0) is 111 Å². The Kier molecular flexibility index (Phi) is 14.8. The minimum atomic E-state index is -4.49. The summed E-state index contributed by atoms with van der Waals surface area (Å²) in [5, 5.41) is 21.0. The molecule has 0 saturated carbocycles. The first-order valence-electron chi connectivity index (χ1n) is 23.5. The second-order valence-electron chi connectivity index (χ2n) is 18.5. The van der Waals surface area contributed by atoms with Crippen LogP contribution in [0.3, 0.4) is 0 Å². The fourth-order valence-corrected chi connectivity index (χ4v) is 11.4. The predicted octanol–water partition coefficient (Wildman–Crippen LogP) is 8.50. The van der Waals surface area contributed by atoms with Crippen LogP contribution >= 0.6 is 12.0 Å². The molecule has 5 aromatic rings. The fourth-order valence-electron chi connectivity index (χ4n) is 10.2. The van der Waals surface area contributed by atoms with Gasteiger partial charge in [0, 0.05) is 88.9 Å². The number of pyridine rings is 1. The van der Waals surface area contributed by atoms with E-state index in [1.807, 2.05) is 42.5 Å². The van der Waals surface area contributed by atoms with E-state index in [2.05, 4.69) is 85.7 Å². The van der Waals surface area contributed by atoms with Gasteiger partial charge in [0.15, 0.2) is 5.71 Å². The maximum Gasteiger partial charge on any atom is 0.333 e. The van der Waals surface area contributed by atoms with Crippen LogP contribution in [-0.2, 0) is 49.5 Å². The summed E-state index contributed by atoms with van der Waals surface area (Å²) in [5.74, 6) is -2.02. The summed E-state index contributed by atoms with van der Waals surface area (Å²) in [6.07, 6.45) is 11.5. The zero-order valence-electron chi connectivity index (χ0n) is 40.3. The molecule has 18 heteroatoms. The van der Waals surface area contributed by atoms with Gasteiger partial charge in [-0.15, -0.1) is 5.06 Å². The van der Waals surface area contributed by atoms with E-state index in [9.17, 15) is 37.4 Å². The summed E-state index contributed by atoms with van der Waals surface area (Å²) in [4.78, 5) is 61.5. The molecule has 1 fully saturated rings. The van der Waals surface area contributed by atoms with Gasteiger partial charge in [0.1, 0.15) is 11.4 Å². The van der Waals surface area contributed by atoms with E-state index in [1.165, 1.54) is 12.3 Å². The van der Waals surface area contributed by atoms with Crippen molar-refractivity contribution in [3.63, 3.8) is 0 Å². The standard InChI is InChI=1S/C53H55N5O11S2/c1-7-56-40-25-22-35-37(14-12-16-42(35)70-69-68-63)49(40)52(3,4)44(56)27-20-33(21-28-45-53(5,6)50-38-15-13-17-43(71(64,65)66)36(38)23-26-41(50)57(45)8-2)39-24-19-34(32-55-39)51(62)54-31-11-9-10-18-48(61)67-58-46(59)29-30-47(58)60/h12-17,19-28,32H,7-11,18,29-31H2,1-6H3,(H2-,54,62,63,64,65,66). The highest BCUT2D eigenvalue weighted by Gasteiger charge is 2.46. The van der Waals surface area contributed by atoms with Crippen LogP contribution in [0.1, 0.15) is 107 Å². The molecule has 2 N–H and O–H groups in total. The smallest absolute Gasteiger partial charge is 0.333 e. The van der Waals surface area contributed by atoms with Gasteiger partial charge in [0.05, 0.1) is 28.7 Å². The first-order valence-corrected chi connectivity index (χ1v) is 25.7. The van der Waals surface area contributed by atoms with Crippen molar-refractivity contribution in [1.29, 1.82) is 0 Å². The monoisotopic (exact) mass is 1000 g/mol. The molecule has 71 heavy (non-hydrogen) atoms. The van der Waals surface area contributed by atoms with Crippen LogP contribution in [0.4, 0.5) is 11.4 Å². The number of hydrogen-bond acceptors (Lipinski definition) is 13. The average Bonchev–Trinajstić information content (AvgIpc) is 3.88. The molecule has 370 valence electrons. The highest BCUT2D eigenvalue weighted by Crippen LogP contribution is 2.51. The van der Waals surface area contributed by atoms with Crippen LogP contribution in [0.15, 0.2) is 119 Å². The molecule has 0 atom stereocenters. The number of likely N-dealkylation sites (N-methyl/N-ethyl adjacent to an activating group) is 1. The molecular weight excluding hydrogens is 947 g/mol. The number of fused-ring (bicyclic) bond motifs is 6. The third-order valence-electron chi connectivity index (χ3n) is 13.5. The quantitative estimate of drug-likeness (QED) is 0.0123. The van der Waals surface area contributed by atoms with Gasteiger partial charge in [-0.3, -0.25) is 29.0 Å². The van der Waals surface area contributed by atoms with E-state index in [4.69, 9.17) is 14.2 Å². The maximum atomic E-state index is 13.3. The molecule has 0 aliphatic carbocycles. The number of unbranched alkanes of at least 4 members (excludes halogenated alkanes) is 2. The van der Waals surface area contributed by atoms with Crippen LogP contribution < -0.4 is 15.5 Å². The molecule has 0 radical (unpaired) electrons. The molecule has 0 spiro atoms. The number of benzene rings is 4. The first-order chi connectivity index (χ1) is 33.9. The van der Waals surface area contributed by atoms with Gasteiger partial charge in [-0.25, -0.2) is 4.79 Å². The second kappa shape index (κ2) is 20.7. The lowest BCUT2D eigenvalue weighted by Gasteiger charge is -2.26. The molecule has 4 aromatic carbocycles. The first kappa shape index (κ1) is 50.8. The Morgan fingerprint density at radius 1 is 0.887 bits per heavy atom. The number of imide groups is 1. The van der Waals surface area contributed by atoms with Crippen LogP contribution in [0.5, 0.6) is 0 Å². The Morgan fingerprint density at radius 2 is 1.61 bits per heavy atom. The second-order valence-corrected chi connectivity index (χ2v) is 20.6. The number of nitrogens with zero attached hydrogens (tertiary/aromatic N) is 4. The largest absolute Gasteiger partial charge is 0.691 e. The molecule has 3 aliphatic rings. The zero-order valence-corrected chi connectivity index (χ0v) is 41.9. The molecule has 0 unspecified atom stereocenters. The number of hydroxylamine groups is 2. The van der Waals surface area contributed by atoms with Crippen molar-refractivity contribution in [3.8, 4) is 0 Å². The third-order valence-corrected chi connectivity index (χ3v) is 15.0. The fraction of sp³-hybridized carbons (Fsp3) is 0.321. The Hall–Kier alpha value is -6.54. The van der Waals surface area contributed by atoms with E-state index in [-0.39, 0.29) is 30.1 Å². The normalized spacial score (nSPS) is 17.1. The average molecular weight is 1000 g/mol. The number of rotatable bonds is 18. The Bertz CT molecular complexity index is 3200. The summed E-state index contributed by atoms with van der Waals surface area (Å²) in [7, 11) is -4.49. The van der Waals surface area contributed by atoms with Crippen molar-refractivity contribution >= 4 is 90.1 Å². The predicted molar refractivity (Wildman–Crippen MR) is 268 cm³/mol. The van der Waals surface area contributed by atoms with E-state index >= 15 is 0 Å². The Morgan fingerprint density at radius 3 is 2.28 bits per heavy atom. The Balaban J connectivity index is 1.09. The van der Waals surface area contributed by atoms with Crippen molar-refractivity contribution in [1.82, 2.24) is 15.4 Å². The number of carbonyl (C=O) groups is 4. The number of allylic oxidation sites excluding steroid dienone is 6. The van der Waals surface area contributed by atoms with E-state index < -0.39 is 38.7 Å². The molecular formula is C53H55N5O11S2. The van der Waals surface area contributed by atoms with Crippen molar-refractivity contribution < 1.29 is 56.2 Å². The number of hydrogen-bond donors (Lipinski definition) is 2. The lowest BCUT2D eigenvalue weighted by Crippen LogP contribution is -2.31. The van der Waals surface area contributed by atoms with Crippen LogP contribution in [0.2, 0.25) is 0 Å². The molecule has 1 aromatic heterocycles. The zero-order chi connectivity index (χ0) is 50.8. The Labute approximate surface area is 416 Å². The summed E-state index contributed by atoms with van der Waals surface area (Å²) in [6.45, 7) is 14.3. The van der Waals surface area contributed by atoms with Crippen LogP contribution in [0.25, 0.3) is 27.1 Å². The minimum absolute atomic E-state index is 0.0284. The molecule has 1 saturated heterocycles. The third kappa shape index (κ3) is 9.92. The van der Waals surface area contributed by atoms with Crippen molar-refractivity contribution in [2.75, 3.05) is 24.5 Å². The summed E-state index contributed by atoms with van der Waals surface area (Å²) < 4.78 is 42.1. The summed E-state index contributed by atoms with van der Waals surface area (Å²) in [5.41, 5.74) is 6.62. The van der Waals surface area contributed by atoms with Gasteiger partial charge < -0.3 is 20.3 Å². The summed E-state index contributed by atoms with van der Waals surface area (Å²) >= 11 is 0.861.